The number of likely N-dealkylation sites (tertiary alicyclic amines) is 1. The molecular weight excluding hydrogens is 478 g/mol. The van der Waals surface area contributed by atoms with Crippen molar-refractivity contribution in [1.82, 2.24) is 24.6 Å². The Balaban J connectivity index is 1.45. The fraction of sp³-hybridized carbons (Fsp3) is 0.292. The van der Waals surface area contributed by atoms with E-state index >= 15 is 0 Å². The third kappa shape index (κ3) is 4.01. The minimum Gasteiger partial charge on any atom is -0.351 e. The number of hydrogen-bond acceptors (Lipinski definition) is 3. The van der Waals surface area contributed by atoms with Gasteiger partial charge >= 0.3 is 6.03 Å². The summed E-state index contributed by atoms with van der Waals surface area (Å²) in [4.78, 5) is 20.8. The number of nitrogens with zero attached hydrogens (tertiary/aromatic N) is 4. The zero-order chi connectivity index (χ0) is 24.0. The minimum absolute atomic E-state index is 0.0297. The van der Waals surface area contributed by atoms with Crippen molar-refractivity contribution in [3.8, 4) is 11.1 Å². The van der Waals surface area contributed by atoms with Crippen LogP contribution in [0.1, 0.15) is 42.9 Å². The molecule has 0 unspecified atom stereocenters. The fourth-order valence-electron chi connectivity index (χ4n) is 4.67. The van der Waals surface area contributed by atoms with E-state index in [2.05, 4.69) is 15.1 Å². The normalized spacial score (nSPS) is 15.7. The lowest BCUT2D eigenvalue weighted by molar-refractivity contribution is 0.177. The first kappa shape index (κ1) is 22.7. The number of primary amides is 1. The van der Waals surface area contributed by atoms with Gasteiger partial charge in [-0.15, -0.1) is 0 Å². The molecule has 2 amide bonds. The minimum atomic E-state index is -0.499. The lowest BCUT2D eigenvalue weighted by atomic mass is 9.92. The number of halogens is 3. The van der Waals surface area contributed by atoms with Gasteiger partial charge in [-0.2, -0.15) is 5.10 Å². The van der Waals surface area contributed by atoms with E-state index in [0.29, 0.717) is 23.7 Å². The molecule has 1 aliphatic heterocycles. The average Bonchev–Trinajstić information content (AvgIpc) is 3.49. The second kappa shape index (κ2) is 8.92. The number of hydrogen-bond donors (Lipinski definition) is 2. The summed E-state index contributed by atoms with van der Waals surface area (Å²) >= 11 is 12.6. The van der Waals surface area contributed by atoms with Crippen molar-refractivity contribution < 1.29 is 9.18 Å². The van der Waals surface area contributed by atoms with Crippen molar-refractivity contribution in [2.45, 2.75) is 31.7 Å². The summed E-state index contributed by atoms with van der Waals surface area (Å²) in [5.41, 5.74) is 9.43. The van der Waals surface area contributed by atoms with Crippen molar-refractivity contribution in [2.24, 2.45) is 5.73 Å². The van der Waals surface area contributed by atoms with Crippen LogP contribution in [0.3, 0.4) is 0 Å². The smallest absolute Gasteiger partial charge is 0.314 e. The van der Waals surface area contributed by atoms with Crippen molar-refractivity contribution in [3.63, 3.8) is 0 Å². The Bertz CT molecular complexity index is 1380. The van der Waals surface area contributed by atoms with Crippen LogP contribution in [0.4, 0.5) is 9.18 Å². The number of carbonyl (C=O) groups excluding carboxylic acids is 1. The molecule has 1 atom stereocenters. The number of aromatic nitrogens is 4. The molecule has 176 valence electrons. The molecule has 0 bridgehead atoms. The van der Waals surface area contributed by atoms with E-state index in [0.717, 1.165) is 40.6 Å². The summed E-state index contributed by atoms with van der Waals surface area (Å²) in [5.74, 6) is -0.750. The highest BCUT2D eigenvalue weighted by atomic mass is 35.5. The maximum absolute atomic E-state index is 14.1. The first-order valence-electron chi connectivity index (χ1n) is 11.0. The number of amides is 2. The van der Waals surface area contributed by atoms with Crippen LogP contribution < -0.4 is 5.73 Å². The molecule has 10 heteroatoms. The van der Waals surface area contributed by atoms with Gasteiger partial charge in [-0.25, -0.2) is 14.2 Å². The molecule has 1 aromatic carbocycles. The molecule has 3 N–H and O–H groups in total. The first-order valence-corrected chi connectivity index (χ1v) is 11.8. The molecule has 7 nitrogen and oxygen atoms in total. The molecule has 1 saturated heterocycles. The predicted octanol–water partition coefficient (Wildman–Crippen LogP) is 5.74. The van der Waals surface area contributed by atoms with Crippen LogP contribution in [0, 0.1) is 5.82 Å². The molecule has 0 aliphatic carbocycles. The highest BCUT2D eigenvalue weighted by Crippen LogP contribution is 2.39. The van der Waals surface area contributed by atoms with E-state index in [1.54, 1.807) is 11.1 Å². The molecule has 5 rings (SSSR count). The monoisotopic (exact) mass is 500 g/mol. The van der Waals surface area contributed by atoms with Crippen LogP contribution in [-0.4, -0.2) is 43.8 Å². The van der Waals surface area contributed by atoms with Crippen LogP contribution in [-0.2, 0) is 0 Å². The van der Waals surface area contributed by atoms with E-state index in [1.807, 2.05) is 36.3 Å². The van der Waals surface area contributed by atoms with Gasteiger partial charge in [0.1, 0.15) is 11.5 Å². The van der Waals surface area contributed by atoms with Crippen LogP contribution in [0.15, 0.2) is 43.0 Å². The molecular formula is C24H23Cl2FN6O. The number of piperidine rings is 1. The fourth-order valence-corrected chi connectivity index (χ4v) is 5.37. The van der Waals surface area contributed by atoms with Crippen molar-refractivity contribution in [2.75, 3.05) is 13.1 Å². The average molecular weight is 501 g/mol. The van der Waals surface area contributed by atoms with Gasteiger partial charge in [0, 0.05) is 59.1 Å². The third-order valence-corrected chi connectivity index (χ3v) is 7.34. The Morgan fingerprint density at radius 3 is 2.74 bits per heavy atom. The van der Waals surface area contributed by atoms with Gasteiger partial charge in [0.25, 0.3) is 0 Å². The first-order chi connectivity index (χ1) is 16.3. The number of aromatic amines is 1. The predicted molar refractivity (Wildman–Crippen MR) is 131 cm³/mol. The Labute approximate surface area is 205 Å². The van der Waals surface area contributed by atoms with Crippen molar-refractivity contribution in [3.05, 3.63) is 70.0 Å². The Kier molecular flexibility index (Phi) is 5.95. The van der Waals surface area contributed by atoms with Crippen LogP contribution >= 0.6 is 23.2 Å². The van der Waals surface area contributed by atoms with E-state index in [-0.39, 0.29) is 23.0 Å². The highest BCUT2D eigenvalue weighted by molar-refractivity contribution is 6.36. The largest absolute Gasteiger partial charge is 0.351 e. The molecule has 4 aromatic rings. The number of nitrogens with two attached hydrogens (primary N) is 1. The van der Waals surface area contributed by atoms with Gasteiger partial charge in [0.15, 0.2) is 0 Å². The standard InChI is InChI=1S/C24H23Cl2FN6O/c1-13(21-19(25)2-3-20(27)22(21)26)18-11-30-23-17(18)8-14(9-29-23)15-10-31-33(12-15)16-4-6-32(7-5-16)24(28)34/h2-3,8-13,16H,4-7H2,1H3,(H2,28,34)(H,29,30)/t13-/m1/s1. The van der Waals surface area contributed by atoms with Gasteiger partial charge in [-0.1, -0.05) is 30.1 Å². The highest BCUT2D eigenvalue weighted by Gasteiger charge is 2.24. The molecule has 3 aromatic heterocycles. The maximum atomic E-state index is 14.1. The van der Waals surface area contributed by atoms with Crippen molar-refractivity contribution >= 4 is 40.3 Å². The van der Waals surface area contributed by atoms with E-state index in [4.69, 9.17) is 28.9 Å². The molecule has 0 spiro atoms. The number of fused-ring (bicyclic) bond motifs is 1. The summed E-state index contributed by atoms with van der Waals surface area (Å²) in [6, 6.07) is 4.67. The SMILES string of the molecule is C[C@@H](c1c(Cl)ccc(F)c1Cl)c1c[nH]c2ncc(-c3cnn(C4CCN(C(N)=O)CC4)c3)cc12. The van der Waals surface area contributed by atoms with Gasteiger partial charge in [0.2, 0.25) is 0 Å². The molecule has 4 heterocycles. The summed E-state index contributed by atoms with van der Waals surface area (Å²) in [5, 5.41) is 5.92. The number of benzene rings is 1. The number of rotatable bonds is 4. The summed E-state index contributed by atoms with van der Waals surface area (Å²) in [6.45, 7) is 3.19. The van der Waals surface area contributed by atoms with Crippen LogP contribution in [0.25, 0.3) is 22.2 Å². The number of nitrogens with one attached hydrogen (secondary N) is 1. The van der Waals surface area contributed by atoms with Gasteiger partial charge < -0.3 is 15.6 Å². The summed E-state index contributed by atoms with van der Waals surface area (Å²) < 4.78 is 16.1. The topological polar surface area (TPSA) is 92.8 Å². The summed E-state index contributed by atoms with van der Waals surface area (Å²) in [6.07, 6.45) is 9.08. The van der Waals surface area contributed by atoms with Gasteiger partial charge in [0.05, 0.1) is 17.3 Å². The Morgan fingerprint density at radius 2 is 2.00 bits per heavy atom. The zero-order valence-corrected chi connectivity index (χ0v) is 19.9. The Hall–Kier alpha value is -3.10. The molecule has 0 saturated carbocycles. The lowest BCUT2D eigenvalue weighted by Gasteiger charge is -2.30. The van der Waals surface area contributed by atoms with Gasteiger partial charge in [-0.3, -0.25) is 4.68 Å². The molecule has 1 fully saturated rings. The zero-order valence-electron chi connectivity index (χ0n) is 18.4. The van der Waals surface area contributed by atoms with Gasteiger partial charge in [-0.05, 0) is 42.2 Å². The second-order valence-electron chi connectivity index (χ2n) is 8.61. The third-order valence-electron chi connectivity index (χ3n) is 6.63. The number of pyridine rings is 1. The molecule has 34 heavy (non-hydrogen) atoms. The van der Waals surface area contributed by atoms with E-state index in [9.17, 15) is 9.18 Å². The number of carbonyl (C=O) groups is 1. The molecule has 0 radical (unpaired) electrons. The lowest BCUT2D eigenvalue weighted by Crippen LogP contribution is -2.42. The quantitative estimate of drug-likeness (QED) is 0.350. The molecule has 1 aliphatic rings. The second-order valence-corrected chi connectivity index (χ2v) is 9.39. The Morgan fingerprint density at radius 1 is 1.24 bits per heavy atom. The van der Waals surface area contributed by atoms with Crippen molar-refractivity contribution in [1.29, 1.82) is 0 Å². The van der Waals surface area contributed by atoms with E-state index < -0.39 is 5.82 Å². The number of H-pyrrole nitrogens is 1. The number of urea groups is 1. The van der Waals surface area contributed by atoms with Crippen LogP contribution in [0.5, 0.6) is 0 Å². The van der Waals surface area contributed by atoms with E-state index in [1.165, 1.54) is 12.1 Å². The maximum Gasteiger partial charge on any atom is 0.314 e. The summed E-state index contributed by atoms with van der Waals surface area (Å²) in [7, 11) is 0. The van der Waals surface area contributed by atoms with Crippen LogP contribution in [0.2, 0.25) is 10.0 Å².